The van der Waals surface area contributed by atoms with Crippen molar-refractivity contribution in [3.05, 3.63) is 36.5 Å². The van der Waals surface area contributed by atoms with E-state index in [-0.39, 0.29) is 17.6 Å². The van der Waals surface area contributed by atoms with E-state index in [4.69, 9.17) is 9.84 Å². The number of urea groups is 1. The van der Waals surface area contributed by atoms with Crippen molar-refractivity contribution in [2.45, 2.75) is 18.9 Å². The quantitative estimate of drug-likeness (QED) is 0.486. The highest BCUT2D eigenvalue weighted by molar-refractivity contribution is 5.89. The number of pyridine rings is 1. The number of aromatic hydroxyl groups is 1. The number of likely N-dealkylation sites (tertiary alicyclic amines) is 1. The number of phenolic OH excluding ortho intramolecular Hbond substituents is 1. The SMILES string of the molecule is COc1cc(-c2ccc3ncc(NC(=O)NC4CCN(C(=O)O)CC4)nc3n2)ccc1O. The summed E-state index contributed by atoms with van der Waals surface area (Å²) >= 11 is 0. The fraction of sp³-hybridized carbons (Fsp3) is 0.286. The Labute approximate surface area is 183 Å². The molecule has 0 aliphatic carbocycles. The van der Waals surface area contributed by atoms with Gasteiger partial charge in [-0.25, -0.2) is 24.5 Å². The van der Waals surface area contributed by atoms with Gasteiger partial charge < -0.3 is 25.2 Å². The van der Waals surface area contributed by atoms with Gasteiger partial charge >= 0.3 is 12.1 Å². The molecule has 166 valence electrons. The lowest BCUT2D eigenvalue weighted by Crippen LogP contribution is -2.47. The number of nitrogens with one attached hydrogen (secondary N) is 2. The highest BCUT2D eigenvalue weighted by atomic mass is 16.5. The number of hydrogen-bond acceptors (Lipinski definition) is 7. The van der Waals surface area contributed by atoms with E-state index >= 15 is 0 Å². The number of anilines is 1. The minimum atomic E-state index is -0.947. The topological polar surface area (TPSA) is 150 Å². The van der Waals surface area contributed by atoms with Gasteiger partial charge in [0.2, 0.25) is 0 Å². The second-order valence-corrected chi connectivity index (χ2v) is 7.32. The van der Waals surface area contributed by atoms with Gasteiger partial charge in [-0.3, -0.25) is 5.32 Å². The van der Waals surface area contributed by atoms with Crippen LogP contribution in [0.4, 0.5) is 15.4 Å². The number of carboxylic acid groups (broad SMARTS) is 1. The van der Waals surface area contributed by atoms with E-state index in [0.29, 0.717) is 48.5 Å². The third-order valence-electron chi connectivity index (χ3n) is 5.22. The number of benzene rings is 1. The van der Waals surface area contributed by atoms with Crippen LogP contribution in [0.3, 0.4) is 0 Å². The number of rotatable bonds is 4. The number of aromatic nitrogens is 3. The van der Waals surface area contributed by atoms with Crippen molar-refractivity contribution in [2.24, 2.45) is 0 Å². The number of methoxy groups -OCH3 is 1. The van der Waals surface area contributed by atoms with Gasteiger partial charge in [-0.1, -0.05) is 0 Å². The van der Waals surface area contributed by atoms with E-state index in [1.165, 1.54) is 24.3 Å². The number of carbonyl (C=O) groups is 2. The van der Waals surface area contributed by atoms with Crippen LogP contribution in [0.25, 0.3) is 22.4 Å². The van der Waals surface area contributed by atoms with E-state index in [2.05, 4.69) is 25.6 Å². The van der Waals surface area contributed by atoms with E-state index < -0.39 is 12.1 Å². The Kier molecular flexibility index (Phi) is 5.88. The molecule has 0 radical (unpaired) electrons. The van der Waals surface area contributed by atoms with Crippen LogP contribution in [0.5, 0.6) is 11.5 Å². The summed E-state index contributed by atoms with van der Waals surface area (Å²) in [6, 6.07) is 7.90. The number of amides is 3. The van der Waals surface area contributed by atoms with Crippen LogP contribution >= 0.6 is 0 Å². The smallest absolute Gasteiger partial charge is 0.407 e. The monoisotopic (exact) mass is 438 g/mol. The number of ether oxygens (including phenoxy) is 1. The molecule has 1 aliphatic rings. The van der Waals surface area contributed by atoms with Gasteiger partial charge in [0, 0.05) is 24.7 Å². The van der Waals surface area contributed by atoms with Crippen LogP contribution in [0.1, 0.15) is 12.8 Å². The summed E-state index contributed by atoms with van der Waals surface area (Å²) in [4.78, 5) is 37.8. The molecule has 0 unspecified atom stereocenters. The Morgan fingerprint density at radius 3 is 2.66 bits per heavy atom. The molecule has 0 atom stereocenters. The fourth-order valence-electron chi connectivity index (χ4n) is 3.51. The Balaban J connectivity index is 1.46. The first-order valence-corrected chi connectivity index (χ1v) is 9.99. The summed E-state index contributed by atoms with van der Waals surface area (Å²) in [5.41, 5.74) is 2.25. The number of hydrogen-bond donors (Lipinski definition) is 4. The fourth-order valence-corrected chi connectivity index (χ4v) is 3.51. The summed E-state index contributed by atoms with van der Waals surface area (Å²) in [6.45, 7) is 0.760. The van der Waals surface area contributed by atoms with Gasteiger partial charge in [-0.2, -0.15) is 0 Å². The summed E-state index contributed by atoms with van der Waals surface area (Å²) in [5, 5.41) is 24.3. The van der Waals surface area contributed by atoms with Crippen LogP contribution < -0.4 is 15.4 Å². The van der Waals surface area contributed by atoms with Gasteiger partial charge in [-0.05, 0) is 43.2 Å². The molecule has 0 spiro atoms. The molecule has 3 amide bonds. The maximum absolute atomic E-state index is 12.3. The lowest BCUT2D eigenvalue weighted by atomic mass is 10.1. The molecule has 4 rings (SSSR count). The van der Waals surface area contributed by atoms with E-state index in [0.717, 1.165) is 5.56 Å². The number of carbonyl (C=O) groups excluding carboxylic acids is 1. The number of fused-ring (bicyclic) bond motifs is 1. The van der Waals surface area contributed by atoms with Gasteiger partial charge in [0.15, 0.2) is 23.0 Å². The summed E-state index contributed by atoms with van der Waals surface area (Å²) < 4.78 is 5.15. The second kappa shape index (κ2) is 8.92. The first-order chi connectivity index (χ1) is 15.4. The minimum absolute atomic E-state index is 0.0305. The minimum Gasteiger partial charge on any atom is -0.504 e. The Bertz CT molecular complexity index is 1160. The van der Waals surface area contributed by atoms with Crippen molar-refractivity contribution in [1.29, 1.82) is 0 Å². The molecule has 3 heterocycles. The Morgan fingerprint density at radius 2 is 1.94 bits per heavy atom. The predicted molar refractivity (Wildman–Crippen MR) is 116 cm³/mol. The molecule has 1 aliphatic heterocycles. The Morgan fingerprint density at radius 1 is 1.16 bits per heavy atom. The number of nitrogens with zero attached hydrogens (tertiary/aromatic N) is 4. The molecule has 11 nitrogen and oxygen atoms in total. The summed E-state index contributed by atoms with van der Waals surface area (Å²) in [7, 11) is 1.47. The zero-order valence-electron chi connectivity index (χ0n) is 17.3. The molecule has 0 saturated carbocycles. The van der Waals surface area contributed by atoms with E-state index in [1.54, 1.807) is 24.3 Å². The lowest BCUT2D eigenvalue weighted by Gasteiger charge is -2.30. The highest BCUT2D eigenvalue weighted by Gasteiger charge is 2.23. The van der Waals surface area contributed by atoms with Crippen LogP contribution in [-0.2, 0) is 0 Å². The van der Waals surface area contributed by atoms with Crippen LogP contribution in [0, 0.1) is 0 Å². The average Bonchev–Trinajstić information content (AvgIpc) is 2.79. The number of phenols is 1. The molecule has 1 fully saturated rings. The molecule has 32 heavy (non-hydrogen) atoms. The van der Waals surface area contributed by atoms with Crippen LogP contribution in [-0.4, -0.2) is 68.4 Å². The molecule has 11 heteroatoms. The zero-order chi connectivity index (χ0) is 22.7. The van der Waals surface area contributed by atoms with Crippen LogP contribution in [0.15, 0.2) is 36.5 Å². The molecule has 3 aromatic rings. The standard InChI is InChI=1S/C21H22N6O5/c1-32-17-10-12(2-5-16(17)28)14-3-4-15-19(24-14)25-18(11-22-15)26-20(29)23-13-6-8-27(9-7-13)21(30)31/h2-5,10-11,13,28H,6-9H2,1H3,(H,30,31)(H2,23,24,25,26,29). The molecule has 1 aromatic carbocycles. The largest absolute Gasteiger partial charge is 0.504 e. The highest BCUT2D eigenvalue weighted by Crippen LogP contribution is 2.31. The molecule has 1 saturated heterocycles. The van der Waals surface area contributed by atoms with E-state index in [9.17, 15) is 14.7 Å². The van der Waals surface area contributed by atoms with Gasteiger partial charge in [0.1, 0.15) is 5.52 Å². The maximum atomic E-state index is 12.3. The molecule has 2 aromatic heterocycles. The maximum Gasteiger partial charge on any atom is 0.407 e. The predicted octanol–water partition coefficient (Wildman–Crippen LogP) is 2.67. The summed E-state index contributed by atoms with van der Waals surface area (Å²) in [5.74, 6) is 0.602. The van der Waals surface area contributed by atoms with Crippen molar-refractivity contribution < 1.29 is 24.5 Å². The van der Waals surface area contributed by atoms with Crippen molar-refractivity contribution >= 4 is 29.1 Å². The normalized spacial score (nSPS) is 14.2. The summed E-state index contributed by atoms with van der Waals surface area (Å²) in [6.07, 6.45) is 1.59. The second-order valence-electron chi connectivity index (χ2n) is 7.32. The van der Waals surface area contributed by atoms with Gasteiger partial charge in [0.05, 0.1) is 19.0 Å². The van der Waals surface area contributed by atoms with Gasteiger partial charge in [0.25, 0.3) is 0 Å². The molecule has 4 N–H and O–H groups in total. The van der Waals surface area contributed by atoms with Gasteiger partial charge in [-0.15, -0.1) is 0 Å². The van der Waals surface area contributed by atoms with Crippen molar-refractivity contribution in [3.63, 3.8) is 0 Å². The molecular weight excluding hydrogens is 416 g/mol. The third kappa shape index (κ3) is 4.61. The third-order valence-corrected chi connectivity index (χ3v) is 5.22. The first kappa shape index (κ1) is 21.1. The number of piperidine rings is 1. The lowest BCUT2D eigenvalue weighted by molar-refractivity contribution is 0.130. The van der Waals surface area contributed by atoms with Crippen LogP contribution in [0.2, 0.25) is 0 Å². The molecular formula is C21H22N6O5. The zero-order valence-corrected chi connectivity index (χ0v) is 17.3. The van der Waals surface area contributed by atoms with Crippen molar-refractivity contribution in [1.82, 2.24) is 25.2 Å². The molecule has 0 bridgehead atoms. The first-order valence-electron chi connectivity index (χ1n) is 9.99. The van der Waals surface area contributed by atoms with E-state index in [1.807, 2.05) is 0 Å². The Hall–Kier alpha value is -4.15. The van der Waals surface area contributed by atoms with Crippen molar-refractivity contribution in [2.75, 3.05) is 25.5 Å². The van der Waals surface area contributed by atoms with Crippen molar-refractivity contribution in [3.8, 4) is 22.8 Å². The average molecular weight is 438 g/mol.